The summed E-state index contributed by atoms with van der Waals surface area (Å²) in [5, 5.41) is 1.48. The summed E-state index contributed by atoms with van der Waals surface area (Å²) < 4.78 is 5.54. The summed E-state index contributed by atoms with van der Waals surface area (Å²) in [5.74, 6) is -0.315. The predicted molar refractivity (Wildman–Crippen MR) is 102 cm³/mol. The smallest absolute Gasteiger partial charge is 0.288 e. The Hall–Kier alpha value is -3.38. The maximum absolute atomic E-state index is 12.3. The molecule has 1 aliphatic rings. The summed E-state index contributed by atoms with van der Waals surface area (Å²) >= 11 is 5.97. The first-order chi connectivity index (χ1) is 13.1. The van der Waals surface area contributed by atoms with Crippen LogP contribution < -0.4 is 15.6 Å². The van der Waals surface area contributed by atoms with Gasteiger partial charge in [-0.2, -0.15) is 0 Å². The van der Waals surface area contributed by atoms with Gasteiger partial charge in [-0.05, 0) is 36.4 Å². The Kier molecular flexibility index (Phi) is 4.48. The number of hydrogen-bond donors (Lipinski definition) is 2. The van der Waals surface area contributed by atoms with Gasteiger partial charge < -0.3 is 4.74 Å². The number of aromatic nitrogens is 1. The minimum Gasteiger partial charge on any atom is -0.488 e. The van der Waals surface area contributed by atoms with Crippen molar-refractivity contribution in [2.45, 2.75) is 0 Å². The van der Waals surface area contributed by atoms with Crippen LogP contribution in [0.5, 0.6) is 5.75 Å². The van der Waals surface area contributed by atoms with Crippen molar-refractivity contribution >= 4 is 40.4 Å². The molecule has 2 amide bonds. The Labute approximate surface area is 159 Å². The fraction of sp³-hybridized carbons (Fsp3) is 0.0500. The molecule has 134 valence electrons. The lowest BCUT2D eigenvalue weighted by Crippen LogP contribution is -2.43. The average molecular weight is 380 g/mol. The number of carbonyl (C=O) groups is 2. The van der Waals surface area contributed by atoms with Gasteiger partial charge in [0.25, 0.3) is 11.8 Å². The molecule has 0 fully saturated rings. The molecule has 0 saturated heterocycles. The molecule has 0 unspecified atom stereocenters. The van der Waals surface area contributed by atoms with Crippen LogP contribution in [0, 0.1) is 0 Å². The molecule has 0 bridgehead atoms. The van der Waals surface area contributed by atoms with Gasteiger partial charge in [-0.1, -0.05) is 35.9 Å². The van der Waals surface area contributed by atoms with E-state index < -0.39 is 11.8 Å². The van der Waals surface area contributed by atoms with Crippen LogP contribution in [0.1, 0.15) is 16.1 Å². The van der Waals surface area contributed by atoms with Crippen molar-refractivity contribution in [3.05, 3.63) is 76.5 Å². The molecule has 6 nitrogen and oxygen atoms in total. The molecule has 0 aliphatic carbocycles. The fourth-order valence-electron chi connectivity index (χ4n) is 2.73. The topological polar surface area (TPSA) is 80.3 Å². The highest BCUT2D eigenvalue weighted by atomic mass is 35.5. The summed E-state index contributed by atoms with van der Waals surface area (Å²) in [6.07, 6.45) is 1.68. The minimum atomic E-state index is -0.505. The summed E-state index contributed by atoms with van der Waals surface area (Å²) in [6.45, 7) is 0.102. The molecule has 2 aromatic carbocycles. The van der Waals surface area contributed by atoms with Crippen molar-refractivity contribution in [2.75, 3.05) is 6.61 Å². The maximum atomic E-state index is 12.3. The maximum Gasteiger partial charge on any atom is 0.288 e. The number of hydrogen-bond acceptors (Lipinski definition) is 4. The third kappa shape index (κ3) is 3.61. The lowest BCUT2D eigenvalue weighted by molar-refractivity contribution is -0.118. The Bertz CT molecular complexity index is 1090. The van der Waals surface area contributed by atoms with Crippen LogP contribution in [0.2, 0.25) is 5.02 Å². The van der Waals surface area contributed by atoms with E-state index in [9.17, 15) is 9.59 Å². The second kappa shape index (κ2) is 7.09. The van der Waals surface area contributed by atoms with E-state index in [0.717, 1.165) is 5.39 Å². The number of fused-ring (bicyclic) bond motifs is 2. The highest BCUT2D eigenvalue weighted by molar-refractivity contribution is 6.30. The van der Waals surface area contributed by atoms with Crippen LogP contribution in [-0.4, -0.2) is 23.4 Å². The number of halogens is 1. The Morgan fingerprint density at radius 2 is 1.81 bits per heavy atom. The van der Waals surface area contributed by atoms with Crippen LogP contribution in [-0.2, 0) is 4.79 Å². The van der Waals surface area contributed by atoms with Gasteiger partial charge in [-0.15, -0.1) is 0 Å². The number of para-hydroxylation sites is 1. The zero-order chi connectivity index (χ0) is 18.8. The fourth-order valence-corrected chi connectivity index (χ4v) is 2.91. The summed E-state index contributed by atoms with van der Waals surface area (Å²) in [6, 6.07) is 16.0. The Morgan fingerprint density at radius 1 is 1.00 bits per heavy atom. The molecular formula is C20H14ClN3O3. The van der Waals surface area contributed by atoms with Crippen LogP contribution in [0.15, 0.2) is 60.2 Å². The van der Waals surface area contributed by atoms with E-state index >= 15 is 0 Å². The van der Waals surface area contributed by atoms with Crippen LogP contribution in [0.25, 0.3) is 17.0 Å². The van der Waals surface area contributed by atoms with Crippen molar-refractivity contribution < 1.29 is 14.3 Å². The van der Waals surface area contributed by atoms with Gasteiger partial charge >= 0.3 is 0 Å². The quantitative estimate of drug-likeness (QED) is 0.670. The average Bonchev–Trinajstić information content (AvgIpc) is 2.70. The minimum absolute atomic E-state index is 0.102. The molecule has 0 radical (unpaired) electrons. The van der Waals surface area contributed by atoms with Gasteiger partial charge in [-0.25, -0.2) is 4.98 Å². The zero-order valence-corrected chi connectivity index (χ0v) is 14.8. The number of nitrogens with zero attached hydrogens (tertiary/aromatic N) is 1. The van der Waals surface area contributed by atoms with E-state index in [4.69, 9.17) is 16.3 Å². The van der Waals surface area contributed by atoms with Gasteiger partial charge in [0.05, 0.1) is 11.1 Å². The van der Waals surface area contributed by atoms with Crippen molar-refractivity contribution in [2.24, 2.45) is 0 Å². The molecular weight excluding hydrogens is 366 g/mol. The third-order valence-electron chi connectivity index (χ3n) is 4.10. The summed E-state index contributed by atoms with van der Waals surface area (Å²) in [7, 11) is 0. The number of rotatable bonds is 2. The largest absolute Gasteiger partial charge is 0.488 e. The predicted octanol–water partition coefficient (Wildman–Crippen LogP) is 3.13. The van der Waals surface area contributed by atoms with Crippen molar-refractivity contribution in [3.63, 3.8) is 0 Å². The monoisotopic (exact) mass is 379 g/mol. The standard InChI is InChI=1S/C20H14ClN3O3/c21-15-6-8-18-13(10-15)9-14(11-27-18)19(25)23-24-20(26)17-7-5-12-3-1-2-4-16(12)22-17/h1-10H,11H2,(H,23,25)(H,24,26). The van der Waals surface area contributed by atoms with Gasteiger partial charge in [-0.3, -0.25) is 20.4 Å². The SMILES string of the molecule is O=C(NNC(=O)c1ccc2ccccc2n1)C1=Cc2cc(Cl)ccc2OC1. The van der Waals surface area contributed by atoms with Crippen LogP contribution >= 0.6 is 11.6 Å². The highest BCUT2D eigenvalue weighted by Crippen LogP contribution is 2.28. The van der Waals surface area contributed by atoms with E-state index in [1.807, 2.05) is 24.3 Å². The molecule has 1 aliphatic heterocycles. The van der Waals surface area contributed by atoms with E-state index in [0.29, 0.717) is 27.4 Å². The number of nitrogens with one attached hydrogen (secondary N) is 2. The number of ether oxygens (including phenoxy) is 1. The van der Waals surface area contributed by atoms with E-state index in [-0.39, 0.29) is 12.3 Å². The molecule has 27 heavy (non-hydrogen) atoms. The number of pyridine rings is 1. The van der Waals surface area contributed by atoms with Crippen molar-refractivity contribution in [1.82, 2.24) is 15.8 Å². The lowest BCUT2D eigenvalue weighted by atomic mass is 10.1. The number of benzene rings is 2. The second-order valence-corrected chi connectivity index (χ2v) is 6.37. The molecule has 3 aromatic rings. The van der Waals surface area contributed by atoms with Crippen LogP contribution in [0.4, 0.5) is 0 Å². The summed E-state index contributed by atoms with van der Waals surface area (Å²) in [5.41, 5.74) is 6.75. The number of hydrazine groups is 1. The molecule has 0 atom stereocenters. The zero-order valence-electron chi connectivity index (χ0n) is 14.0. The van der Waals surface area contributed by atoms with Gasteiger partial charge in [0.15, 0.2) is 0 Å². The number of carbonyl (C=O) groups excluding carboxylic acids is 2. The second-order valence-electron chi connectivity index (χ2n) is 5.94. The molecule has 0 spiro atoms. The first kappa shape index (κ1) is 17.1. The molecule has 0 saturated carbocycles. The van der Waals surface area contributed by atoms with E-state index in [1.165, 1.54) is 0 Å². The third-order valence-corrected chi connectivity index (χ3v) is 4.33. The van der Waals surface area contributed by atoms with Gasteiger partial charge in [0, 0.05) is 16.0 Å². The Balaban J connectivity index is 1.45. The molecule has 4 rings (SSSR count). The summed E-state index contributed by atoms with van der Waals surface area (Å²) in [4.78, 5) is 28.9. The van der Waals surface area contributed by atoms with Crippen molar-refractivity contribution in [1.29, 1.82) is 0 Å². The lowest BCUT2D eigenvalue weighted by Gasteiger charge is -2.18. The molecule has 1 aromatic heterocycles. The van der Waals surface area contributed by atoms with E-state index in [2.05, 4.69) is 15.8 Å². The number of amides is 2. The van der Waals surface area contributed by atoms with E-state index in [1.54, 1.807) is 36.4 Å². The molecule has 2 heterocycles. The highest BCUT2D eigenvalue weighted by Gasteiger charge is 2.18. The first-order valence-electron chi connectivity index (χ1n) is 8.19. The Morgan fingerprint density at radius 3 is 2.70 bits per heavy atom. The van der Waals surface area contributed by atoms with Crippen LogP contribution in [0.3, 0.4) is 0 Å². The molecule has 2 N–H and O–H groups in total. The van der Waals surface area contributed by atoms with Gasteiger partial charge in [0.2, 0.25) is 0 Å². The normalized spacial score (nSPS) is 12.6. The van der Waals surface area contributed by atoms with Crippen molar-refractivity contribution in [3.8, 4) is 5.75 Å². The first-order valence-corrected chi connectivity index (χ1v) is 8.57. The molecule has 7 heteroatoms. The van der Waals surface area contributed by atoms with Gasteiger partial charge in [0.1, 0.15) is 18.1 Å².